The zero-order valence-electron chi connectivity index (χ0n) is 24.7. The van der Waals surface area contributed by atoms with Crippen molar-refractivity contribution < 1.29 is 9.59 Å². The highest BCUT2D eigenvalue weighted by Gasteiger charge is 2.32. The molecule has 41 heavy (non-hydrogen) atoms. The predicted molar refractivity (Wildman–Crippen MR) is 160 cm³/mol. The second-order valence-electron chi connectivity index (χ2n) is 11.1. The highest BCUT2D eigenvalue weighted by atomic mass is 16.2. The van der Waals surface area contributed by atoms with Crippen LogP contribution in [-0.2, 0) is 0 Å². The van der Waals surface area contributed by atoms with Crippen molar-refractivity contribution in [3.63, 3.8) is 0 Å². The molecule has 1 aliphatic carbocycles. The molecule has 1 saturated carbocycles. The van der Waals surface area contributed by atoms with Crippen LogP contribution in [0.15, 0.2) is 29.3 Å². The van der Waals surface area contributed by atoms with Gasteiger partial charge in [0.25, 0.3) is 11.5 Å². The van der Waals surface area contributed by atoms with Gasteiger partial charge in [0, 0.05) is 43.0 Å². The molecule has 10 nitrogen and oxygen atoms in total. The molecule has 5 heterocycles. The van der Waals surface area contributed by atoms with Gasteiger partial charge in [-0.1, -0.05) is 26.7 Å². The molecule has 0 spiro atoms. The monoisotopic (exact) mass is 559 g/mol. The number of hydrogen-bond acceptors (Lipinski definition) is 8. The van der Waals surface area contributed by atoms with Crippen LogP contribution in [0.25, 0.3) is 11.0 Å². The average molecular weight is 560 g/mol. The highest BCUT2D eigenvalue weighted by Crippen LogP contribution is 2.32. The van der Waals surface area contributed by atoms with Gasteiger partial charge >= 0.3 is 0 Å². The summed E-state index contributed by atoms with van der Waals surface area (Å²) >= 11 is 0. The van der Waals surface area contributed by atoms with Gasteiger partial charge in [-0.25, -0.2) is 9.97 Å². The maximum absolute atomic E-state index is 13.4. The summed E-state index contributed by atoms with van der Waals surface area (Å²) in [7, 11) is 0. The number of Topliss-reactive ketones (excluding diaryl/α,β-unsaturated/α-hetero) is 1. The second kappa shape index (κ2) is 12.5. The van der Waals surface area contributed by atoms with Crippen molar-refractivity contribution in [2.45, 2.75) is 84.7 Å². The number of pyridine rings is 2. The zero-order valence-corrected chi connectivity index (χ0v) is 24.7. The summed E-state index contributed by atoms with van der Waals surface area (Å²) in [5.41, 5.74) is 1.63. The fourth-order valence-corrected chi connectivity index (χ4v) is 6.53. The lowest BCUT2D eigenvalue weighted by atomic mass is 10.0. The molecule has 3 aromatic rings. The number of aromatic nitrogens is 4. The van der Waals surface area contributed by atoms with E-state index in [1.54, 1.807) is 36.0 Å². The van der Waals surface area contributed by atoms with E-state index in [0.29, 0.717) is 40.0 Å². The van der Waals surface area contributed by atoms with Gasteiger partial charge in [0.2, 0.25) is 5.95 Å². The predicted octanol–water partition coefficient (Wildman–Crippen LogP) is 4.89. The smallest absolute Gasteiger partial charge is 0.263 e. The fourth-order valence-electron chi connectivity index (χ4n) is 6.53. The number of likely N-dealkylation sites (tertiary alicyclic amines) is 2. The minimum atomic E-state index is -0.279. The third-order valence-electron chi connectivity index (χ3n) is 8.61. The number of anilines is 2. The maximum atomic E-state index is 13.4. The SMILES string of the molecule is CC.CC(=O)c1c(C)c2cnc(Nc3ccc(C(=O)N4CCC(N5CCCC5)C4)cn3)nc2n(C2CCCC2)c1=O. The van der Waals surface area contributed by atoms with Crippen LogP contribution in [0.3, 0.4) is 0 Å². The summed E-state index contributed by atoms with van der Waals surface area (Å²) < 4.78 is 1.69. The van der Waals surface area contributed by atoms with Gasteiger partial charge in [-0.05, 0) is 76.7 Å². The quantitative estimate of drug-likeness (QED) is 0.425. The van der Waals surface area contributed by atoms with Gasteiger partial charge in [0.05, 0.1) is 11.1 Å². The lowest BCUT2D eigenvalue weighted by molar-refractivity contribution is 0.0779. The van der Waals surface area contributed by atoms with Crippen molar-refractivity contribution in [1.29, 1.82) is 0 Å². The van der Waals surface area contributed by atoms with Crippen LogP contribution in [0, 0.1) is 6.92 Å². The first kappa shape index (κ1) is 28.9. The van der Waals surface area contributed by atoms with Crippen molar-refractivity contribution in [3.05, 3.63) is 51.6 Å². The summed E-state index contributed by atoms with van der Waals surface area (Å²) in [6, 6.07) is 4.01. The molecule has 3 aliphatic rings. The summed E-state index contributed by atoms with van der Waals surface area (Å²) in [6.07, 6.45) is 10.6. The van der Waals surface area contributed by atoms with Crippen molar-refractivity contribution in [3.8, 4) is 0 Å². The first-order chi connectivity index (χ1) is 19.9. The fraction of sp³-hybridized carbons (Fsp3) is 0.548. The molecule has 218 valence electrons. The molecule has 3 fully saturated rings. The van der Waals surface area contributed by atoms with Gasteiger partial charge in [0.15, 0.2) is 5.78 Å². The Labute approximate surface area is 241 Å². The molecule has 1 amide bonds. The van der Waals surface area contributed by atoms with Gasteiger partial charge in [-0.15, -0.1) is 0 Å². The molecule has 0 radical (unpaired) electrons. The molecule has 2 saturated heterocycles. The standard InChI is InChI=1S/C29H35N7O3.C2H6/c1-18-23-16-31-29(33-26(23)36(21-7-3-4-8-21)28(39)25(18)19(2)37)32-24-10-9-20(15-30-24)27(38)35-14-11-22(17-35)34-12-5-6-13-34;1-2/h9-10,15-16,21-22H,3-8,11-14,17H2,1-2H3,(H,30,31,32,33);1-2H3. The van der Waals surface area contributed by atoms with Gasteiger partial charge in [-0.2, -0.15) is 4.98 Å². The molecule has 2 aliphatic heterocycles. The first-order valence-corrected chi connectivity index (χ1v) is 15.1. The van der Waals surface area contributed by atoms with Crippen molar-refractivity contribution in [1.82, 2.24) is 29.3 Å². The van der Waals surface area contributed by atoms with Crippen molar-refractivity contribution in [2.24, 2.45) is 0 Å². The molecule has 3 aromatic heterocycles. The number of carbonyl (C=O) groups excluding carboxylic acids is 2. The van der Waals surface area contributed by atoms with Crippen LogP contribution in [0.4, 0.5) is 11.8 Å². The second-order valence-corrected chi connectivity index (χ2v) is 11.1. The van der Waals surface area contributed by atoms with Gasteiger partial charge in [-0.3, -0.25) is 23.9 Å². The van der Waals surface area contributed by atoms with E-state index in [9.17, 15) is 14.4 Å². The number of carbonyl (C=O) groups is 2. The Morgan fingerprint density at radius 1 is 0.927 bits per heavy atom. The number of fused-ring (bicyclic) bond motifs is 1. The van der Waals surface area contributed by atoms with Crippen LogP contribution in [-0.4, -0.2) is 73.2 Å². The van der Waals surface area contributed by atoms with E-state index in [1.165, 1.54) is 19.8 Å². The van der Waals surface area contributed by atoms with Crippen molar-refractivity contribution in [2.75, 3.05) is 31.5 Å². The van der Waals surface area contributed by atoms with E-state index in [2.05, 4.69) is 20.2 Å². The van der Waals surface area contributed by atoms with E-state index >= 15 is 0 Å². The van der Waals surface area contributed by atoms with Crippen LogP contribution in [0.5, 0.6) is 0 Å². The maximum Gasteiger partial charge on any atom is 0.263 e. The third kappa shape index (κ3) is 5.75. The van der Waals surface area contributed by atoms with Gasteiger partial charge in [0.1, 0.15) is 11.5 Å². The van der Waals surface area contributed by atoms with E-state index in [1.807, 2.05) is 18.7 Å². The van der Waals surface area contributed by atoms with Crippen LogP contribution in [0.2, 0.25) is 0 Å². The minimum absolute atomic E-state index is 0.00929. The third-order valence-corrected chi connectivity index (χ3v) is 8.61. The van der Waals surface area contributed by atoms with E-state index in [-0.39, 0.29) is 28.9 Å². The lowest BCUT2D eigenvalue weighted by Gasteiger charge is -2.23. The van der Waals surface area contributed by atoms with Crippen LogP contribution >= 0.6 is 0 Å². The molecule has 1 unspecified atom stereocenters. The number of nitrogens with zero attached hydrogens (tertiary/aromatic N) is 6. The Balaban J connectivity index is 0.00000165. The molecule has 6 rings (SSSR count). The Bertz CT molecular complexity index is 1470. The Morgan fingerprint density at radius 3 is 2.32 bits per heavy atom. The largest absolute Gasteiger partial charge is 0.337 e. The molecule has 10 heteroatoms. The van der Waals surface area contributed by atoms with Crippen molar-refractivity contribution >= 4 is 34.5 Å². The van der Waals surface area contributed by atoms with E-state index < -0.39 is 0 Å². The number of rotatable bonds is 6. The Hall–Kier alpha value is -3.66. The number of ketones is 1. The molecular formula is C31H41N7O3. The van der Waals surface area contributed by atoms with Crippen LogP contribution < -0.4 is 10.9 Å². The summed E-state index contributed by atoms with van der Waals surface area (Å²) in [5.74, 6) is 0.583. The number of hydrogen-bond donors (Lipinski definition) is 1. The van der Waals surface area contributed by atoms with E-state index in [0.717, 1.165) is 58.3 Å². The molecular weight excluding hydrogens is 518 g/mol. The number of aryl methyl sites for hydroxylation is 1. The number of nitrogens with one attached hydrogen (secondary N) is 1. The van der Waals surface area contributed by atoms with E-state index in [4.69, 9.17) is 4.98 Å². The highest BCUT2D eigenvalue weighted by molar-refractivity contribution is 5.99. The first-order valence-electron chi connectivity index (χ1n) is 15.1. The molecule has 1 N–H and O–H groups in total. The lowest BCUT2D eigenvalue weighted by Crippen LogP contribution is -2.37. The topological polar surface area (TPSA) is 113 Å². The summed E-state index contributed by atoms with van der Waals surface area (Å²) in [4.78, 5) is 56.9. The Kier molecular flexibility index (Phi) is 8.77. The van der Waals surface area contributed by atoms with Crippen LogP contribution in [0.1, 0.15) is 98.0 Å². The number of amides is 1. The normalized spacial score (nSPS) is 19.4. The molecule has 0 aromatic carbocycles. The zero-order chi connectivity index (χ0) is 29.1. The Morgan fingerprint density at radius 2 is 1.66 bits per heavy atom. The molecule has 0 bridgehead atoms. The summed E-state index contributed by atoms with van der Waals surface area (Å²) in [6.45, 7) is 11.0. The van der Waals surface area contributed by atoms with Gasteiger partial charge < -0.3 is 10.2 Å². The minimum Gasteiger partial charge on any atom is -0.337 e. The molecule has 1 atom stereocenters. The average Bonchev–Trinajstić information content (AvgIpc) is 3.77. The summed E-state index contributed by atoms with van der Waals surface area (Å²) in [5, 5.41) is 3.82.